The van der Waals surface area contributed by atoms with Gasteiger partial charge in [-0.05, 0) is 42.5 Å². The van der Waals surface area contributed by atoms with Crippen molar-refractivity contribution in [3.8, 4) is 11.5 Å². The number of nitrogens with one attached hydrogen (secondary N) is 2. The summed E-state index contributed by atoms with van der Waals surface area (Å²) in [6.45, 7) is 4.15. The summed E-state index contributed by atoms with van der Waals surface area (Å²) in [5, 5.41) is 8.23. The van der Waals surface area contributed by atoms with Crippen molar-refractivity contribution < 1.29 is 14.3 Å². The van der Waals surface area contributed by atoms with Crippen LogP contribution in [-0.2, 0) is 11.2 Å². The van der Waals surface area contributed by atoms with Gasteiger partial charge in [-0.1, -0.05) is 12.1 Å². The van der Waals surface area contributed by atoms with Crippen LogP contribution in [0, 0.1) is 0 Å². The minimum atomic E-state index is 0.0101. The average molecular weight is 346 g/mol. The number of fused-ring (bicyclic) bond motifs is 1. The molecule has 0 fully saturated rings. The Labute approximate surface area is 146 Å². The molecule has 0 bridgehead atoms. The summed E-state index contributed by atoms with van der Waals surface area (Å²) in [5.74, 6) is 1.56. The molecule has 2 aromatic rings. The second-order valence-electron chi connectivity index (χ2n) is 5.69. The smallest absolute Gasteiger partial charge is 0.233 e. The largest absolute Gasteiger partial charge is 0.486 e. The van der Waals surface area contributed by atoms with Crippen molar-refractivity contribution in [2.24, 2.45) is 0 Å². The topological polar surface area (TPSA) is 59.6 Å². The molecule has 0 aliphatic carbocycles. The highest BCUT2D eigenvalue weighted by atomic mass is 32.1. The molecule has 1 aliphatic rings. The van der Waals surface area contributed by atoms with Crippen molar-refractivity contribution >= 4 is 17.2 Å². The standard InChI is InChI=1S/C18H22N2O3S/c1-13(14-4-5-16-17(11-14)23-9-8-22-16)20-12-18(21)19-7-6-15-3-2-10-24-15/h2-5,10-11,13,20H,6-9,12H2,1H3,(H,19,21)/t13-/m1/s1. The molecule has 1 atom stereocenters. The lowest BCUT2D eigenvalue weighted by Gasteiger charge is -2.21. The minimum absolute atomic E-state index is 0.0101. The van der Waals surface area contributed by atoms with Gasteiger partial charge < -0.3 is 20.1 Å². The lowest BCUT2D eigenvalue weighted by molar-refractivity contribution is -0.120. The van der Waals surface area contributed by atoms with Gasteiger partial charge in [0.25, 0.3) is 0 Å². The number of thiophene rings is 1. The number of hydrogen-bond donors (Lipinski definition) is 2. The van der Waals surface area contributed by atoms with E-state index in [-0.39, 0.29) is 11.9 Å². The minimum Gasteiger partial charge on any atom is -0.486 e. The zero-order valence-electron chi connectivity index (χ0n) is 13.7. The fourth-order valence-corrected chi connectivity index (χ4v) is 3.24. The van der Waals surface area contributed by atoms with Gasteiger partial charge in [0.1, 0.15) is 13.2 Å². The summed E-state index contributed by atoms with van der Waals surface area (Å²) < 4.78 is 11.1. The first-order valence-electron chi connectivity index (χ1n) is 8.14. The van der Waals surface area contributed by atoms with Crippen LogP contribution in [0.1, 0.15) is 23.4 Å². The molecule has 1 aromatic heterocycles. The SMILES string of the molecule is C[C@@H](NCC(=O)NCCc1cccs1)c1ccc2c(c1)OCCO2. The second kappa shape index (κ2) is 8.17. The van der Waals surface area contributed by atoms with E-state index in [1.165, 1.54) is 4.88 Å². The molecule has 1 aliphatic heterocycles. The molecular formula is C18H22N2O3S. The Kier molecular flexibility index (Phi) is 5.72. The Morgan fingerprint density at radius 2 is 2.08 bits per heavy atom. The fraction of sp³-hybridized carbons (Fsp3) is 0.389. The summed E-state index contributed by atoms with van der Waals surface area (Å²) in [6, 6.07) is 10.1. The van der Waals surface area contributed by atoms with Crippen molar-refractivity contribution in [1.29, 1.82) is 0 Å². The third kappa shape index (κ3) is 4.49. The van der Waals surface area contributed by atoms with E-state index in [4.69, 9.17) is 9.47 Å². The van der Waals surface area contributed by atoms with Crippen LogP contribution in [-0.4, -0.2) is 32.2 Å². The molecule has 3 rings (SSSR count). The van der Waals surface area contributed by atoms with Crippen molar-refractivity contribution in [3.05, 3.63) is 46.2 Å². The number of rotatable bonds is 7. The van der Waals surface area contributed by atoms with Crippen LogP contribution in [0.4, 0.5) is 0 Å². The van der Waals surface area contributed by atoms with E-state index in [1.54, 1.807) is 11.3 Å². The Morgan fingerprint density at radius 1 is 1.25 bits per heavy atom. The highest BCUT2D eigenvalue weighted by Gasteiger charge is 2.14. The zero-order chi connectivity index (χ0) is 16.8. The highest BCUT2D eigenvalue weighted by Crippen LogP contribution is 2.32. The maximum atomic E-state index is 11.9. The van der Waals surface area contributed by atoms with Crippen LogP contribution in [0.25, 0.3) is 0 Å². The number of amides is 1. The third-order valence-electron chi connectivity index (χ3n) is 3.91. The normalized spacial score (nSPS) is 14.2. The zero-order valence-corrected chi connectivity index (χ0v) is 14.5. The van der Waals surface area contributed by atoms with Crippen LogP contribution < -0.4 is 20.1 Å². The van der Waals surface area contributed by atoms with Gasteiger partial charge >= 0.3 is 0 Å². The molecule has 6 heteroatoms. The van der Waals surface area contributed by atoms with Crippen LogP contribution >= 0.6 is 11.3 Å². The van der Waals surface area contributed by atoms with Crippen LogP contribution in [0.3, 0.4) is 0 Å². The van der Waals surface area contributed by atoms with Crippen LogP contribution in [0.15, 0.2) is 35.7 Å². The van der Waals surface area contributed by atoms with Gasteiger partial charge in [0, 0.05) is 17.5 Å². The number of hydrogen-bond acceptors (Lipinski definition) is 5. The summed E-state index contributed by atoms with van der Waals surface area (Å²) in [7, 11) is 0. The van der Waals surface area contributed by atoms with E-state index >= 15 is 0 Å². The van der Waals surface area contributed by atoms with Crippen molar-refractivity contribution in [1.82, 2.24) is 10.6 Å². The molecule has 0 spiro atoms. The molecule has 1 aromatic carbocycles. The van der Waals surface area contributed by atoms with E-state index in [0.717, 1.165) is 23.5 Å². The summed E-state index contributed by atoms with van der Waals surface area (Å²) in [6.07, 6.45) is 0.876. The monoisotopic (exact) mass is 346 g/mol. The maximum absolute atomic E-state index is 11.9. The first kappa shape index (κ1) is 16.8. The van der Waals surface area contributed by atoms with Crippen LogP contribution in [0.2, 0.25) is 0 Å². The molecule has 1 amide bonds. The van der Waals surface area contributed by atoms with E-state index in [9.17, 15) is 4.79 Å². The van der Waals surface area contributed by atoms with Gasteiger partial charge in [-0.25, -0.2) is 0 Å². The first-order chi connectivity index (χ1) is 11.7. The van der Waals surface area contributed by atoms with E-state index in [1.807, 2.05) is 36.6 Å². The van der Waals surface area contributed by atoms with E-state index in [0.29, 0.717) is 26.3 Å². The van der Waals surface area contributed by atoms with Crippen molar-refractivity contribution in [2.45, 2.75) is 19.4 Å². The molecular weight excluding hydrogens is 324 g/mol. The summed E-state index contributed by atoms with van der Waals surface area (Å²) in [4.78, 5) is 13.2. The molecule has 0 unspecified atom stereocenters. The second-order valence-corrected chi connectivity index (χ2v) is 6.72. The maximum Gasteiger partial charge on any atom is 0.233 e. The van der Waals surface area contributed by atoms with Gasteiger partial charge in [-0.2, -0.15) is 0 Å². The quantitative estimate of drug-likeness (QED) is 0.809. The highest BCUT2D eigenvalue weighted by molar-refractivity contribution is 7.09. The van der Waals surface area contributed by atoms with Gasteiger partial charge in [0.2, 0.25) is 5.91 Å². The molecule has 2 heterocycles. The van der Waals surface area contributed by atoms with Crippen molar-refractivity contribution in [3.63, 3.8) is 0 Å². The number of carbonyl (C=O) groups excluding carboxylic acids is 1. The molecule has 0 radical (unpaired) electrons. The Bertz CT molecular complexity index is 673. The van der Waals surface area contributed by atoms with E-state index < -0.39 is 0 Å². The molecule has 0 saturated heterocycles. The number of ether oxygens (including phenoxy) is 2. The predicted molar refractivity (Wildman–Crippen MR) is 94.9 cm³/mol. The third-order valence-corrected chi connectivity index (χ3v) is 4.84. The Morgan fingerprint density at radius 3 is 2.88 bits per heavy atom. The molecule has 5 nitrogen and oxygen atoms in total. The predicted octanol–water partition coefficient (Wildman–Crippen LogP) is 2.53. The van der Waals surface area contributed by atoms with Gasteiger partial charge in [0.05, 0.1) is 6.54 Å². The van der Waals surface area contributed by atoms with Crippen LogP contribution in [0.5, 0.6) is 11.5 Å². The van der Waals surface area contributed by atoms with Gasteiger partial charge in [-0.3, -0.25) is 4.79 Å². The summed E-state index contributed by atoms with van der Waals surface area (Å²) in [5.41, 5.74) is 1.07. The van der Waals surface area contributed by atoms with E-state index in [2.05, 4.69) is 16.7 Å². The Balaban J connectivity index is 1.43. The lowest BCUT2D eigenvalue weighted by Crippen LogP contribution is -2.36. The van der Waals surface area contributed by atoms with Gasteiger partial charge in [-0.15, -0.1) is 11.3 Å². The number of carbonyl (C=O) groups is 1. The average Bonchev–Trinajstić information content (AvgIpc) is 3.12. The summed E-state index contributed by atoms with van der Waals surface area (Å²) >= 11 is 1.71. The number of benzene rings is 1. The fourth-order valence-electron chi connectivity index (χ4n) is 2.54. The molecule has 24 heavy (non-hydrogen) atoms. The molecule has 128 valence electrons. The van der Waals surface area contributed by atoms with Gasteiger partial charge in [0.15, 0.2) is 11.5 Å². The lowest BCUT2D eigenvalue weighted by atomic mass is 10.1. The molecule has 2 N–H and O–H groups in total. The van der Waals surface area contributed by atoms with Crippen molar-refractivity contribution in [2.75, 3.05) is 26.3 Å². The Hall–Kier alpha value is -2.05. The molecule has 0 saturated carbocycles. The first-order valence-corrected chi connectivity index (χ1v) is 9.02.